The molecule has 0 bridgehead atoms. The quantitative estimate of drug-likeness (QED) is 0.792. The van der Waals surface area contributed by atoms with Crippen molar-refractivity contribution in [3.63, 3.8) is 0 Å². The molecule has 1 aromatic carbocycles. The first-order valence-corrected chi connectivity index (χ1v) is 5.45. The molecule has 0 amide bonds. The lowest BCUT2D eigenvalue weighted by Gasteiger charge is -2.19. The number of carbonyl (C=O) groups excluding carboxylic acids is 1. The van der Waals surface area contributed by atoms with Crippen molar-refractivity contribution < 1.29 is 9.53 Å². The zero-order valence-electron chi connectivity index (χ0n) is 10.3. The van der Waals surface area contributed by atoms with E-state index in [0.717, 1.165) is 5.56 Å². The number of methoxy groups -OCH3 is 1. The molecule has 1 N–H and O–H groups in total. The largest absolute Gasteiger partial charge is 0.468 e. The van der Waals surface area contributed by atoms with Crippen LogP contribution in [0.3, 0.4) is 0 Å². The van der Waals surface area contributed by atoms with Gasteiger partial charge in [0.25, 0.3) is 0 Å². The number of hydrogen-bond acceptors (Lipinski definition) is 3. The van der Waals surface area contributed by atoms with Crippen molar-refractivity contribution in [2.24, 2.45) is 0 Å². The minimum atomic E-state index is -0.384. The van der Waals surface area contributed by atoms with Crippen molar-refractivity contribution in [3.05, 3.63) is 35.4 Å². The fraction of sp³-hybridized carbons (Fsp3) is 0.462. The van der Waals surface area contributed by atoms with E-state index in [2.05, 4.69) is 5.32 Å². The van der Waals surface area contributed by atoms with Gasteiger partial charge in [0.2, 0.25) is 0 Å². The van der Waals surface area contributed by atoms with Gasteiger partial charge in [0, 0.05) is 6.04 Å². The molecule has 1 rings (SSSR count). The van der Waals surface area contributed by atoms with Crippen LogP contribution in [0.1, 0.15) is 31.0 Å². The van der Waals surface area contributed by atoms with Gasteiger partial charge in [0.05, 0.1) is 7.11 Å². The minimum Gasteiger partial charge on any atom is -0.468 e. The van der Waals surface area contributed by atoms with E-state index in [0.29, 0.717) is 0 Å². The van der Waals surface area contributed by atoms with E-state index < -0.39 is 0 Å². The average Bonchev–Trinajstić information content (AvgIpc) is 2.26. The summed E-state index contributed by atoms with van der Waals surface area (Å²) in [6.07, 6.45) is 0. The van der Waals surface area contributed by atoms with E-state index in [1.165, 1.54) is 12.7 Å². The van der Waals surface area contributed by atoms with E-state index in [-0.39, 0.29) is 18.1 Å². The number of esters is 1. The molecule has 1 atom stereocenters. The van der Waals surface area contributed by atoms with Crippen LogP contribution < -0.4 is 5.32 Å². The molecule has 0 aliphatic rings. The lowest BCUT2D eigenvalue weighted by molar-refractivity contribution is -0.143. The Morgan fingerprint density at radius 3 is 2.25 bits per heavy atom. The van der Waals surface area contributed by atoms with Gasteiger partial charge in [0.1, 0.15) is 6.04 Å². The summed E-state index contributed by atoms with van der Waals surface area (Å²) in [5, 5.41) is 3.19. The summed E-state index contributed by atoms with van der Waals surface area (Å²) in [6, 6.07) is 7.73. The smallest absolute Gasteiger partial charge is 0.327 e. The third-order valence-corrected chi connectivity index (χ3v) is 2.35. The number of benzene rings is 1. The maximum Gasteiger partial charge on any atom is 0.327 e. The van der Waals surface area contributed by atoms with Gasteiger partial charge in [-0.2, -0.15) is 0 Å². The molecule has 0 saturated heterocycles. The molecule has 0 aromatic heterocycles. The first-order valence-electron chi connectivity index (χ1n) is 5.45. The molecule has 3 nitrogen and oxygen atoms in total. The number of hydrogen-bond donors (Lipinski definition) is 1. The number of carbonyl (C=O) groups is 1. The van der Waals surface area contributed by atoms with Gasteiger partial charge in [0.15, 0.2) is 0 Å². The number of rotatable bonds is 4. The van der Waals surface area contributed by atoms with Crippen molar-refractivity contribution in [1.29, 1.82) is 0 Å². The molecule has 0 heterocycles. The highest BCUT2D eigenvalue weighted by molar-refractivity contribution is 5.77. The number of aryl methyl sites for hydroxylation is 1. The second kappa shape index (κ2) is 5.66. The molecular formula is C13H19NO2. The predicted molar refractivity (Wildman–Crippen MR) is 64.2 cm³/mol. The predicted octanol–water partition coefficient (Wildman–Crippen LogP) is 2.21. The summed E-state index contributed by atoms with van der Waals surface area (Å²) in [4.78, 5) is 11.6. The third-order valence-electron chi connectivity index (χ3n) is 2.35. The zero-order valence-corrected chi connectivity index (χ0v) is 10.3. The highest BCUT2D eigenvalue weighted by Crippen LogP contribution is 2.16. The monoisotopic (exact) mass is 221 g/mol. The first kappa shape index (κ1) is 12.7. The molecular weight excluding hydrogens is 202 g/mol. The first-order chi connectivity index (χ1) is 7.54. The van der Waals surface area contributed by atoms with Crippen molar-refractivity contribution in [1.82, 2.24) is 5.32 Å². The van der Waals surface area contributed by atoms with E-state index in [1.54, 1.807) is 0 Å². The van der Waals surface area contributed by atoms with Gasteiger partial charge < -0.3 is 4.74 Å². The van der Waals surface area contributed by atoms with Crippen LogP contribution >= 0.6 is 0 Å². The molecule has 0 aliphatic heterocycles. The SMILES string of the molecule is COC(=O)C(NC(C)C)c1ccc(C)cc1. The van der Waals surface area contributed by atoms with Crippen LogP contribution in [-0.4, -0.2) is 19.1 Å². The molecule has 1 aromatic rings. The fourth-order valence-electron chi connectivity index (χ4n) is 1.51. The Kier molecular flexibility index (Phi) is 4.50. The van der Waals surface area contributed by atoms with Gasteiger partial charge in [-0.15, -0.1) is 0 Å². The van der Waals surface area contributed by atoms with E-state index in [1.807, 2.05) is 45.0 Å². The summed E-state index contributed by atoms with van der Waals surface area (Å²) >= 11 is 0. The number of ether oxygens (including phenoxy) is 1. The van der Waals surface area contributed by atoms with E-state index >= 15 is 0 Å². The lowest BCUT2D eigenvalue weighted by Crippen LogP contribution is -2.34. The average molecular weight is 221 g/mol. The maximum absolute atomic E-state index is 11.6. The fourth-order valence-corrected chi connectivity index (χ4v) is 1.51. The van der Waals surface area contributed by atoms with Crippen LogP contribution in [0.2, 0.25) is 0 Å². The Labute approximate surface area is 96.8 Å². The number of nitrogens with one attached hydrogen (secondary N) is 1. The maximum atomic E-state index is 11.6. The molecule has 88 valence electrons. The Hall–Kier alpha value is -1.35. The van der Waals surface area contributed by atoms with Gasteiger partial charge in [-0.3, -0.25) is 5.32 Å². The van der Waals surface area contributed by atoms with Crippen LogP contribution in [-0.2, 0) is 9.53 Å². The molecule has 0 fully saturated rings. The van der Waals surface area contributed by atoms with Crippen molar-refractivity contribution in [2.45, 2.75) is 32.9 Å². The van der Waals surface area contributed by atoms with Crippen LogP contribution in [0, 0.1) is 6.92 Å². The highest BCUT2D eigenvalue weighted by Gasteiger charge is 2.21. The summed E-state index contributed by atoms with van der Waals surface area (Å²) in [5.74, 6) is -0.252. The molecule has 0 spiro atoms. The van der Waals surface area contributed by atoms with Crippen molar-refractivity contribution in [2.75, 3.05) is 7.11 Å². The molecule has 0 aliphatic carbocycles. The summed E-state index contributed by atoms with van der Waals surface area (Å²) in [6.45, 7) is 6.03. The van der Waals surface area contributed by atoms with Crippen molar-refractivity contribution in [3.8, 4) is 0 Å². The topological polar surface area (TPSA) is 38.3 Å². The van der Waals surface area contributed by atoms with Gasteiger partial charge in [-0.25, -0.2) is 4.79 Å². The second-order valence-electron chi connectivity index (χ2n) is 4.19. The van der Waals surface area contributed by atoms with Crippen LogP contribution in [0.25, 0.3) is 0 Å². The van der Waals surface area contributed by atoms with Gasteiger partial charge in [-0.05, 0) is 26.3 Å². The Morgan fingerprint density at radius 1 is 1.25 bits per heavy atom. The van der Waals surface area contributed by atoms with Crippen LogP contribution in [0.15, 0.2) is 24.3 Å². The van der Waals surface area contributed by atoms with E-state index in [4.69, 9.17) is 4.74 Å². The third kappa shape index (κ3) is 3.35. The van der Waals surface area contributed by atoms with Gasteiger partial charge >= 0.3 is 5.97 Å². The standard InChI is InChI=1S/C13H19NO2/c1-9(2)14-12(13(15)16-4)11-7-5-10(3)6-8-11/h5-9,12,14H,1-4H3. The molecule has 1 unspecified atom stereocenters. The summed E-state index contributed by atoms with van der Waals surface area (Å²) in [5.41, 5.74) is 2.11. The Bertz CT molecular complexity index is 343. The summed E-state index contributed by atoms with van der Waals surface area (Å²) < 4.78 is 4.80. The second-order valence-corrected chi connectivity index (χ2v) is 4.19. The Morgan fingerprint density at radius 2 is 1.81 bits per heavy atom. The molecule has 3 heteroatoms. The normalized spacial score (nSPS) is 12.6. The van der Waals surface area contributed by atoms with Crippen molar-refractivity contribution >= 4 is 5.97 Å². The van der Waals surface area contributed by atoms with Crippen LogP contribution in [0.4, 0.5) is 0 Å². The summed E-state index contributed by atoms with van der Waals surface area (Å²) in [7, 11) is 1.41. The molecule has 0 radical (unpaired) electrons. The zero-order chi connectivity index (χ0) is 12.1. The Balaban J connectivity index is 2.91. The molecule has 16 heavy (non-hydrogen) atoms. The minimum absolute atomic E-state index is 0.227. The van der Waals surface area contributed by atoms with Crippen LogP contribution in [0.5, 0.6) is 0 Å². The van der Waals surface area contributed by atoms with E-state index in [9.17, 15) is 4.79 Å². The highest BCUT2D eigenvalue weighted by atomic mass is 16.5. The molecule has 0 saturated carbocycles. The van der Waals surface area contributed by atoms with Gasteiger partial charge in [-0.1, -0.05) is 29.8 Å². The lowest BCUT2D eigenvalue weighted by atomic mass is 10.0.